The first-order valence-electron chi connectivity index (χ1n) is 9.62. The van der Waals surface area contributed by atoms with Gasteiger partial charge in [-0.3, -0.25) is 4.79 Å². The van der Waals surface area contributed by atoms with Gasteiger partial charge in [-0.25, -0.2) is 4.98 Å². The van der Waals surface area contributed by atoms with Gasteiger partial charge >= 0.3 is 0 Å². The Morgan fingerprint density at radius 3 is 2.82 bits per heavy atom. The van der Waals surface area contributed by atoms with Gasteiger partial charge in [0.2, 0.25) is 5.91 Å². The summed E-state index contributed by atoms with van der Waals surface area (Å²) in [7, 11) is 0. The van der Waals surface area contributed by atoms with Crippen LogP contribution < -0.4 is 10.1 Å². The number of hydrogen-bond acceptors (Lipinski definition) is 3. The fraction of sp³-hybridized carbons (Fsp3) is 0.304. The second-order valence-electron chi connectivity index (χ2n) is 6.97. The van der Waals surface area contributed by atoms with E-state index < -0.39 is 0 Å². The zero-order valence-corrected chi connectivity index (χ0v) is 16.6. The highest BCUT2D eigenvalue weighted by molar-refractivity contribution is 5.92. The summed E-state index contributed by atoms with van der Waals surface area (Å²) in [4.78, 5) is 16.4. The molecule has 0 atom stereocenters. The van der Waals surface area contributed by atoms with Crippen molar-refractivity contribution in [1.82, 2.24) is 14.9 Å². The van der Waals surface area contributed by atoms with Crippen LogP contribution in [0.3, 0.4) is 0 Å². The smallest absolute Gasteiger partial charge is 0.246 e. The summed E-state index contributed by atoms with van der Waals surface area (Å²) in [6, 6.07) is 16.2. The minimum atomic E-state index is -0.0972. The maximum Gasteiger partial charge on any atom is 0.246 e. The number of nitrogens with zero attached hydrogens (tertiary/aromatic N) is 2. The lowest BCUT2D eigenvalue weighted by atomic mass is 10.2. The molecule has 5 heteroatoms. The van der Waals surface area contributed by atoms with Crippen molar-refractivity contribution in [2.24, 2.45) is 0 Å². The lowest BCUT2D eigenvalue weighted by molar-refractivity contribution is -0.117. The van der Waals surface area contributed by atoms with Gasteiger partial charge in [0.05, 0.1) is 17.6 Å². The fourth-order valence-corrected chi connectivity index (χ4v) is 3.12. The Labute approximate surface area is 166 Å². The van der Waals surface area contributed by atoms with Crippen molar-refractivity contribution >= 4 is 16.9 Å². The molecule has 0 aliphatic rings. The predicted molar refractivity (Wildman–Crippen MR) is 113 cm³/mol. The summed E-state index contributed by atoms with van der Waals surface area (Å²) in [6.45, 7) is 9.33. The van der Waals surface area contributed by atoms with Crippen LogP contribution in [0.15, 0.2) is 60.7 Å². The standard InChI is InChI=1S/C23H27N3O2/c1-17(2)23(27)24-13-7-12-22-25-20-10-4-5-11-21(20)26(22)14-15-28-19-9-6-8-18(3)16-19/h4-6,8-11,16H,1,7,12-15H2,2-3H3,(H,24,27). The van der Waals surface area contributed by atoms with Crippen molar-refractivity contribution in [3.05, 3.63) is 72.1 Å². The van der Waals surface area contributed by atoms with E-state index in [0.29, 0.717) is 18.7 Å². The first-order valence-corrected chi connectivity index (χ1v) is 9.62. The highest BCUT2D eigenvalue weighted by atomic mass is 16.5. The van der Waals surface area contributed by atoms with Crippen LogP contribution in [0.2, 0.25) is 0 Å². The quantitative estimate of drug-likeness (QED) is 0.452. The van der Waals surface area contributed by atoms with Crippen LogP contribution in [0.4, 0.5) is 0 Å². The van der Waals surface area contributed by atoms with Gasteiger partial charge in [0.1, 0.15) is 18.2 Å². The number of benzene rings is 2. The average Bonchev–Trinajstić information content (AvgIpc) is 3.03. The Morgan fingerprint density at radius 2 is 2.04 bits per heavy atom. The molecule has 3 rings (SSSR count). The molecule has 28 heavy (non-hydrogen) atoms. The van der Waals surface area contributed by atoms with Gasteiger partial charge in [-0.15, -0.1) is 0 Å². The summed E-state index contributed by atoms with van der Waals surface area (Å²) in [5.74, 6) is 1.80. The van der Waals surface area contributed by atoms with E-state index in [4.69, 9.17) is 9.72 Å². The van der Waals surface area contributed by atoms with Gasteiger partial charge in [0.15, 0.2) is 0 Å². The third-order valence-corrected chi connectivity index (χ3v) is 4.56. The van der Waals surface area contributed by atoms with Crippen LogP contribution >= 0.6 is 0 Å². The minimum absolute atomic E-state index is 0.0972. The first-order chi connectivity index (χ1) is 13.5. The molecule has 0 radical (unpaired) electrons. The number of ether oxygens (including phenoxy) is 1. The van der Waals surface area contributed by atoms with Crippen molar-refractivity contribution < 1.29 is 9.53 Å². The molecular weight excluding hydrogens is 350 g/mol. The van der Waals surface area contributed by atoms with Crippen molar-refractivity contribution in [2.75, 3.05) is 13.2 Å². The number of carbonyl (C=O) groups is 1. The molecule has 1 N–H and O–H groups in total. The number of amides is 1. The van der Waals surface area contributed by atoms with E-state index >= 15 is 0 Å². The number of aromatic nitrogens is 2. The Morgan fingerprint density at radius 1 is 1.21 bits per heavy atom. The Balaban J connectivity index is 1.65. The highest BCUT2D eigenvalue weighted by Crippen LogP contribution is 2.18. The molecule has 0 unspecified atom stereocenters. The Hall–Kier alpha value is -3.08. The highest BCUT2D eigenvalue weighted by Gasteiger charge is 2.11. The lowest BCUT2D eigenvalue weighted by Crippen LogP contribution is -2.25. The van der Waals surface area contributed by atoms with Crippen LogP contribution in [-0.4, -0.2) is 28.6 Å². The topological polar surface area (TPSA) is 56.2 Å². The number of hydrogen-bond donors (Lipinski definition) is 1. The SMILES string of the molecule is C=C(C)C(=O)NCCCc1nc2ccccc2n1CCOc1cccc(C)c1. The minimum Gasteiger partial charge on any atom is -0.492 e. The van der Waals surface area contributed by atoms with Crippen molar-refractivity contribution in [3.63, 3.8) is 0 Å². The van der Waals surface area contributed by atoms with E-state index in [1.54, 1.807) is 6.92 Å². The number of carbonyl (C=O) groups excluding carboxylic acids is 1. The predicted octanol–water partition coefficient (Wildman–Crippen LogP) is 4.05. The van der Waals surface area contributed by atoms with E-state index in [1.165, 1.54) is 5.56 Å². The molecule has 0 spiro atoms. The molecule has 0 fully saturated rings. The van der Waals surface area contributed by atoms with Crippen LogP contribution in [-0.2, 0) is 17.8 Å². The maximum absolute atomic E-state index is 11.6. The van der Waals surface area contributed by atoms with Crippen LogP contribution in [0.25, 0.3) is 11.0 Å². The number of aryl methyl sites for hydroxylation is 2. The van der Waals surface area contributed by atoms with Crippen molar-refractivity contribution in [2.45, 2.75) is 33.2 Å². The van der Waals surface area contributed by atoms with Gasteiger partial charge in [-0.1, -0.05) is 30.8 Å². The summed E-state index contributed by atoms with van der Waals surface area (Å²) in [5.41, 5.74) is 3.80. The molecule has 0 bridgehead atoms. The van der Waals surface area contributed by atoms with Gasteiger partial charge < -0.3 is 14.6 Å². The monoisotopic (exact) mass is 377 g/mol. The number of nitrogens with one attached hydrogen (secondary N) is 1. The zero-order chi connectivity index (χ0) is 19.9. The molecule has 3 aromatic rings. The molecule has 0 saturated heterocycles. The summed E-state index contributed by atoms with van der Waals surface area (Å²) < 4.78 is 8.15. The summed E-state index contributed by atoms with van der Waals surface area (Å²) >= 11 is 0. The molecule has 1 aromatic heterocycles. The largest absolute Gasteiger partial charge is 0.492 e. The summed E-state index contributed by atoms with van der Waals surface area (Å²) in [5, 5.41) is 2.88. The third kappa shape index (κ3) is 5.00. The third-order valence-electron chi connectivity index (χ3n) is 4.56. The zero-order valence-electron chi connectivity index (χ0n) is 16.6. The van der Waals surface area contributed by atoms with E-state index in [9.17, 15) is 4.79 Å². The Bertz CT molecular complexity index is 975. The average molecular weight is 377 g/mol. The van der Waals surface area contributed by atoms with Crippen LogP contribution in [0.1, 0.15) is 24.7 Å². The normalized spacial score (nSPS) is 10.8. The number of rotatable bonds is 9. The Kier molecular flexibility index (Phi) is 6.48. The van der Waals surface area contributed by atoms with Crippen LogP contribution in [0.5, 0.6) is 5.75 Å². The number of para-hydroxylation sites is 2. The maximum atomic E-state index is 11.6. The summed E-state index contributed by atoms with van der Waals surface area (Å²) in [6.07, 6.45) is 1.61. The van der Waals surface area contributed by atoms with E-state index in [2.05, 4.69) is 35.5 Å². The van der Waals surface area contributed by atoms with Gasteiger partial charge in [0, 0.05) is 18.5 Å². The molecule has 0 saturated carbocycles. The van der Waals surface area contributed by atoms with E-state index in [1.807, 2.05) is 36.4 Å². The molecular formula is C23H27N3O2. The first kappa shape index (κ1) is 19.7. The van der Waals surface area contributed by atoms with E-state index in [-0.39, 0.29) is 5.91 Å². The number of imidazole rings is 1. The molecule has 5 nitrogen and oxygen atoms in total. The fourth-order valence-electron chi connectivity index (χ4n) is 3.12. The molecule has 0 aliphatic carbocycles. The van der Waals surface area contributed by atoms with E-state index in [0.717, 1.165) is 42.0 Å². The van der Waals surface area contributed by atoms with Crippen LogP contribution in [0, 0.1) is 6.92 Å². The second kappa shape index (κ2) is 9.22. The molecule has 0 aliphatic heterocycles. The van der Waals surface area contributed by atoms with Gasteiger partial charge in [-0.2, -0.15) is 0 Å². The molecule has 2 aromatic carbocycles. The van der Waals surface area contributed by atoms with Crippen molar-refractivity contribution in [3.8, 4) is 5.75 Å². The molecule has 1 amide bonds. The molecule has 1 heterocycles. The van der Waals surface area contributed by atoms with Gasteiger partial charge in [0.25, 0.3) is 0 Å². The lowest BCUT2D eigenvalue weighted by Gasteiger charge is -2.11. The second-order valence-corrected chi connectivity index (χ2v) is 6.97. The number of fused-ring (bicyclic) bond motifs is 1. The van der Waals surface area contributed by atoms with Gasteiger partial charge in [-0.05, 0) is 50.1 Å². The van der Waals surface area contributed by atoms with Crippen molar-refractivity contribution in [1.29, 1.82) is 0 Å². The molecule has 146 valence electrons.